The minimum Gasteiger partial charge on any atom is -0.274 e. The lowest BCUT2D eigenvalue weighted by Gasteiger charge is -2.15. The van der Waals surface area contributed by atoms with Gasteiger partial charge in [-0.05, 0) is 48.2 Å². The molecular weight excluding hydrogens is 404 g/mol. The van der Waals surface area contributed by atoms with E-state index in [-0.39, 0.29) is 23.6 Å². The molecule has 0 spiro atoms. The molecule has 6 nitrogen and oxygen atoms in total. The zero-order valence-corrected chi connectivity index (χ0v) is 17.3. The van der Waals surface area contributed by atoms with Crippen LogP contribution in [-0.4, -0.2) is 46.5 Å². The van der Waals surface area contributed by atoms with Gasteiger partial charge in [0, 0.05) is 13.1 Å². The molecule has 4 amide bonds. The van der Waals surface area contributed by atoms with Gasteiger partial charge in [-0.25, -0.2) is 0 Å². The molecule has 3 aromatic rings. The van der Waals surface area contributed by atoms with Crippen molar-refractivity contribution in [3.8, 4) is 0 Å². The molecule has 0 N–H and O–H groups in total. The zero-order valence-electron chi connectivity index (χ0n) is 17.3. The summed E-state index contributed by atoms with van der Waals surface area (Å²) in [5.74, 6) is -0.988. The molecule has 32 heavy (non-hydrogen) atoms. The zero-order chi connectivity index (χ0) is 22.2. The van der Waals surface area contributed by atoms with Crippen LogP contribution >= 0.6 is 0 Å². The molecule has 0 saturated carbocycles. The number of hydrogen-bond donors (Lipinski definition) is 0. The number of hydrogen-bond acceptors (Lipinski definition) is 4. The average Bonchev–Trinajstić information content (AvgIpc) is 3.22. The quantitative estimate of drug-likeness (QED) is 0.569. The van der Waals surface area contributed by atoms with Crippen LogP contribution in [0.3, 0.4) is 0 Å². The molecule has 0 unspecified atom stereocenters. The van der Waals surface area contributed by atoms with Crippen LogP contribution in [0, 0.1) is 0 Å². The lowest BCUT2D eigenvalue weighted by Crippen LogP contribution is -2.32. The van der Waals surface area contributed by atoms with Crippen LogP contribution in [0.1, 0.15) is 52.6 Å². The molecule has 0 radical (unpaired) electrons. The molecule has 0 aliphatic carbocycles. The monoisotopic (exact) mass is 424 g/mol. The van der Waals surface area contributed by atoms with Crippen molar-refractivity contribution in [2.45, 2.75) is 12.8 Å². The molecule has 0 saturated heterocycles. The topological polar surface area (TPSA) is 74.8 Å². The average molecular weight is 424 g/mol. The van der Waals surface area contributed by atoms with E-state index < -0.39 is 0 Å². The van der Waals surface area contributed by atoms with E-state index in [1.165, 1.54) is 9.80 Å². The molecule has 5 rings (SSSR count). The highest BCUT2D eigenvalue weighted by Crippen LogP contribution is 2.24. The number of benzene rings is 3. The summed E-state index contributed by atoms with van der Waals surface area (Å²) in [6.45, 7) is 0.640. The summed E-state index contributed by atoms with van der Waals surface area (Å²) in [6, 6.07) is 21.6. The van der Waals surface area contributed by atoms with Gasteiger partial charge in [-0.2, -0.15) is 0 Å². The highest BCUT2D eigenvalue weighted by molar-refractivity contribution is 6.22. The van der Waals surface area contributed by atoms with Crippen molar-refractivity contribution in [1.29, 1.82) is 0 Å². The number of fused-ring (bicyclic) bond motifs is 2. The van der Waals surface area contributed by atoms with Crippen LogP contribution < -0.4 is 0 Å². The van der Waals surface area contributed by atoms with Crippen LogP contribution in [0.15, 0.2) is 72.8 Å². The molecule has 158 valence electrons. The van der Waals surface area contributed by atoms with Crippen molar-refractivity contribution in [3.05, 3.63) is 106 Å². The summed E-state index contributed by atoms with van der Waals surface area (Å²) < 4.78 is 0. The van der Waals surface area contributed by atoms with E-state index in [1.54, 1.807) is 48.5 Å². The first-order valence-electron chi connectivity index (χ1n) is 10.5. The summed E-state index contributed by atoms with van der Waals surface area (Å²) in [5.41, 5.74) is 3.85. The maximum absolute atomic E-state index is 12.5. The van der Waals surface area contributed by atoms with E-state index in [9.17, 15) is 19.2 Å². The second kappa shape index (κ2) is 7.89. The van der Waals surface area contributed by atoms with Crippen LogP contribution in [-0.2, 0) is 12.8 Å². The van der Waals surface area contributed by atoms with Gasteiger partial charge in [-0.3, -0.25) is 29.0 Å². The third kappa shape index (κ3) is 3.30. The van der Waals surface area contributed by atoms with Gasteiger partial charge in [0.25, 0.3) is 23.6 Å². The Morgan fingerprint density at radius 3 is 1.00 bits per heavy atom. The van der Waals surface area contributed by atoms with Crippen molar-refractivity contribution >= 4 is 23.6 Å². The first-order chi connectivity index (χ1) is 15.5. The number of carbonyl (C=O) groups is 4. The van der Waals surface area contributed by atoms with Crippen LogP contribution in [0.5, 0.6) is 0 Å². The standard InChI is InChI=1S/C26H20N2O4/c29-23-19-5-1-2-6-20(19)24(30)27(23)15-13-17-9-11-18(12-10-17)14-16-28-25(31)21-7-3-4-8-22(21)26(28)32/h1-12H,13-16H2. The highest BCUT2D eigenvalue weighted by atomic mass is 16.2. The second-order valence-electron chi connectivity index (χ2n) is 7.93. The Balaban J connectivity index is 1.18. The molecular formula is C26H20N2O4. The fourth-order valence-electron chi connectivity index (χ4n) is 4.24. The Labute approximate surface area is 185 Å². The normalized spacial score (nSPS) is 14.9. The smallest absolute Gasteiger partial charge is 0.261 e. The number of carbonyl (C=O) groups excluding carboxylic acids is 4. The molecule has 2 aliphatic heterocycles. The first-order valence-corrected chi connectivity index (χ1v) is 10.5. The maximum Gasteiger partial charge on any atom is 0.261 e. The van der Waals surface area contributed by atoms with Crippen LogP contribution in [0.2, 0.25) is 0 Å². The third-order valence-electron chi connectivity index (χ3n) is 6.03. The van der Waals surface area contributed by atoms with E-state index in [1.807, 2.05) is 24.3 Å². The largest absolute Gasteiger partial charge is 0.274 e. The predicted molar refractivity (Wildman–Crippen MR) is 117 cm³/mol. The van der Waals surface area contributed by atoms with E-state index >= 15 is 0 Å². The second-order valence-corrected chi connectivity index (χ2v) is 7.93. The number of nitrogens with zero attached hydrogens (tertiary/aromatic N) is 2. The SMILES string of the molecule is O=C1c2ccccc2C(=O)N1CCc1ccc(CCN2C(=O)c3ccccc3C2=O)cc1. The molecule has 0 atom stereocenters. The first kappa shape index (κ1) is 19.9. The van der Waals surface area contributed by atoms with Crippen molar-refractivity contribution in [3.63, 3.8) is 0 Å². The van der Waals surface area contributed by atoms with E-state index in [4.69, 9.17) is 0 Å². The van der Waals surface area contributed by atoms with Gasteiger partial charge in [0.05, 0.1) is 22.3 Å². The molecule has 2 aliphatic rings. The van der Waals surface area contributed by atoms with E-state index in [2.05, 4.69) is 0 Å². The summed E-state index contributed by atoms with van der Waals surface area (Å²) in [7, 11) is 0. The summed E-state index contributed by atoms with van der Waals surface area (Å²) >= 11 is 0. The van der Waals surface area contributed by atoms with E-state index in [0.717, 1.165) is 11.1 Å². The van der Waals surface area contributed by atoms with Gasteiger partial charge in [-0.1, -0.05) is 48.5 Å². The van der Waals surface area contributed by atoms with Gasteiger partial charge >= 0.3 is 0 Å². The summed E-state index contributed by atoms with van der Waals surface area (Å²) in [4.78, 5) is 52.5. The minimum atomic E-state index is -0.247. The van der Waals surface area contributed by atoms with Crippen molar-refractivity contribution in [2.75, 3.05) is 13.1 Å². The third-order valence-corrected chi connectivity index (χ3v) is 6.03. The van der Waals surface area contributed by atoms with Gasteiger partial charge in [0.1, 0.15) is 0 Å². The Kier molecular flexibility index (Phi) is 4.90. The maximum atomic E-state index is 12.5. The summed E-state index contributed by atoms with van der Waals surface area (Å²) in [5, 5.41) is 0. The molecule has 2 heterocycles. The van der Waals surface area contributed by atoms with Crippen LogP contribution in [0.25, 0.3) is 0 Å². The van der Waals surface area contributed by atoms with Crippen molar-refractivity contribution < 1.29 is 19.2 Å². The number of amides is 4. The number of rotatable bonds is 6. The Morgan fingerprint density at radius 1 is 0.438 bits per heavy atom. The minimum absolute atomic E-state index is 0.247. The van der Waals surface area contributed by atoms with Gasteiger partial charge in [-0.15, -0.1) is 0 Å². The highest BCUT2D eigenvalue weighted by Gasteiger charge is 2.35. The molecule has 0 aromatic heterocycles. The lowest BCUT2D eigenvalue weighted by molar-refractivity contribution is 0.0640. The van der Waals surface area contributed by atoms with Gasteiger partial charge in [0.2, 0.25) is 0 Å². The van der Waals surface area contributed by atoms with Crippen LogP contribution in [0.4, 0.5) is 0 Å². The van der Waals surface area contributed by atoms with Crippen molar-refractivity contribution in [2.24, 2.45) is 0 Å². The fourth-order valence-corrected chi connectivity index (χ4v) is 4.24. The van der Waals surface area contributed by atoms with Gasteiger partial charge in [0.15, 0.2) is 0 Å². The Hall–Kier alpha value is -4.06. The van der Waals surface area contributed by atoms with E-state index in [0.29, 0.717) is 48.2 Å². The fraction of sp³-hybridized carbons (Fsp3) is 0.154. The molecule has 0 fully saturated rings. The molecule has 6 heteroatoms. The molecule has 3 aromatic carbocycles. The number of imide groups is 2. The Bertz CT molecular complexity index is 1090. The predicted octanol–water partition coefficient (Wildman–Crippen LogP) is 3.36. The Morgan fingerprint density at radius 2 is 0.719 bits per heavy atom. The van der Waals surface area contributed by atoms with Crippen molar-refractivity contribution in [1.82, 2.24) is 9.80 Å². The summed E-state index contributed by atoms with van der Waals surface area (Å²) in [6.07, 6.45) is 1.12. The molecule has 0 bridgehead atoms. The van der Waals surface area contributed by atoms with Gasteiger partial charge < -0.3 is 0 Å². The lowest BCUT2D eigenvalue weighted by atomic mass is 10.1.